The van der Waals surface area contributed by atoms with E-state index in [1.807, 2.05) is 19.1 Å². The first kappa shape index (κ1) is 14.9. The maximum absolute atomic E-state index is 6.25. The molecule has 1 heterocycles. The summed E-state index contributed by atoms with van der Waals surface area (Å²) in [5, 5.41) is 3.80. The predicted molar refractivity (Wildman–Crippen MR) is 84.7 cm³/mol. The molecule has 1 aromatic rings. The molecule has 1 N–H and O–H groups in total. The van der Waals surface area contributed by atoms with Crippen molar-refractivity contribution >= 4 is 0 Å². The molecule has 2 fully saturated rings. The van der Waals surface area contributed by atoms with Crippen LogP contribution in [0.2, 0.25) is 0 Å². The Kier molecular flexibility index (Phi) is 4.51. The van der Waals surface area contributed by atoms with Crippen molar-refractivity contribution in [2.45, 2.75) is 51.2 Å². The van der Waals surface area contributed by atoms with Crippen LogP contribution in [0.25, 0.3) is 0 Å². The highest BCUT2D eigenvalue weighted by molar-refractivity contribution is 5.35. The van der Waals surface area contributed by atoms with Gasteiger partial charge in [0.2, 0.25) is 0 Å². The van der Waals surface area contributed by atoms with Crippen LogP contribution < -0.4 is 10.1 Å². The van der Waals surface area contributed by atoms with Crippen molar-refractivity contribution in [2.24, 2.45) is 5.92 Å². The highest BCUT2D eigenvalue weighted by Crippen LogP contribution is 2.38. The second-order valence-electron chi connectivity index (χ2n) is 6.63. The topological polar surface area (TPSA) is 30.5 Å². The molecule has 3 rings (SSSR count). The summed E-state index contributed by atoms with van der Waals surface area (Å²) in [5.41, 5.74) is 1.39. The van der Waals surface area contributed by atoms with Crippen LogP contribution >= 0.6 is 0 Å². The van der Waals surface area contributed by atoms with E-state index in [9.17, 15) is 0 Å². The number of ether oxygens (including phenoxy) is 2. The lowest BCUT2D eigenvalue weighted by Gasteiger charge is -2.45. The van der Waals surface area contributed by atoms with Crippen molar-refractivity contribution in [3.63, 3.8) is 0 Å². The molecule has 1 aromatic carbocycles. The third-order valence-corrected chi connectivity index (χ3v) is 4.88. The molecule has 0 bridgehead atoms. The molecule has 3 heteroatoms. The first-order valence-electron chi connectivity index (χ1n) is 8.31. The van der Waals surface area contributed by atoms with Gasteiger partial charge in [-0.15, -0.1) is 0 Å². The van der Waals surface area contributed by atoms with E-state index in [4.69, 9.17) is 9.47 Å². The summed E-state index contributed by atoms with van der Waals surface area (Å²) < 4.78 is 12.0. The van der Waals surface area contributed by atoms with Gasteiger partial charge in [-0.25, -0.2) is 0 Å². The maximum Gasteiger partial charge on any atom is 0.125 e. The summed E-state index contributed by atoms with van der Waals surface area (Å²) in [6.45, 7) is 6.78. The molecule has 116 valence electrons. The predicted octanol–water partition coefficient (Wildman–Crippen LogP) is 3.70. The summed E-state index contributed by atoms with van der Waals surface area (Å²) in [7, 11) is 0. The fourth-order valence-electron chi connectivity index (χ4n) is 3.86. The van der Waals surface area contributed by atoms with Crippen LogP contribution in [0.3, 0.4) is 0 Å². The zero-order chi connectivity index (χ0) is 14.7. The monoisotopic (exact) mass is 289 g/mol. The molecule has 3 unspecified atom stereocenters. The zero-order valence-electron chi connectivity index (χ0n) is 13.2. The number of hydrogen-bond donors (Lipinski definition) is 1. The highest BCUT2D eigenvalue weighted by atomic mass is 16.5. The fourth-order valence-corrected chi connectivity index (χ4v) is 3.86. The average molecular weight is 289 g/mol. The Hall–Kier alpha value is -1.06. The van der Waals surface area contributed by atoms with Crippen molar-refractivity contribution in [1.29, 1.82) is 0 Å². The van der Waals surface area contributed by atoms with E-state index in [1.54, 1.807) is 0 Å². The molecule has 1 saturated heterocycles. The van der Waals surface area contributed by atoms with Crippen LogP contribution in [0.15, 0.2) is 24.3 Å². The quantitative estimate of drug-likeness (QED) is 0.920. The molecule has 1 aliphatic heterocycles. The van der Waals surface area contributed by atoms with Gasteiger partial charge in [0, 0.05) is 17.6 Å². The van der Waals surface area contributed by atoms with Crippen molar-refractivity contribution in [3.05, 3.63) is 29.8 Å². The SMILES string of the molecule is CCOc1ccccc1C1CNC2(CCCC(C)C2)CO1. The normalized spacial score (nSPS) is 33.0. The number of nitrogens with one attached hydrogen (secondary N) is 1. The van der Waals surface area contributed by atoms with Gasteiger partial charge in [0.15, 0.2) is 0 Å². The van der Waals surface area contributed by atoms with E-state index in [2.05, 4.69) is 24.4 Å². The molecule has 1 saturated carbocycles. The van der Waals surface area contributed by atoms with Gasteiger partial charge in [-0.1, -0.05) is 38.0 Å². The third kappa shape index (κ3) is 3.24. The van der Waals surface area contributed by atoms with E-state index in [1.165, 1.54) is 31.2 Å². The van der Waals surface area contributed by atoms with E-state index >= 15 is 0 Å². The second kappa shape index (κ2) is 6.37. The maximum atomic E-state index is 6.25. The van der Waals surface area contributed by atoms with Crippen LogP contribution in [0, 0.1) is 5.92 Å². The Morgan fingerprint density at radius 3 is 2.95 bits per heavy atom. The zero-order valence-corrected chi connectivity index (χ0v) is 13.2. The molecule has 1 aliphatic carbocycles. The molecule has 3 nitrogen and oxygen atoms in total. The Morgan fingerprint density at radius 2 is 2.24 bits per heavy atom. The van der Waals surface area contributed by atoms with Gasteiger partial charge < -0.3 is 14.8 Å². The molecular weight excluding hydrogens is 262 g/mol. The van der Waals surface area contributed by atoms with Crippen LogP contribution in [0.1, 0.15) is 51.2 Å². The van der Waals surface area contributed by atoms with Gasteiger partial charge in [-0.2, -0.15) is 0 Å². The summed E-state index contributed by atoms with van der Waals surface area (Å²) >= 11 is 0. The minimum Gasteiger partial charge on any atom is -0.493 e. The van der Waals surface area contributed by atoms with Crippen molar-refractivity contribution in [2.75, 3.05) is 19.8 Å². The fraction of sp³-hybridized carbons (Fsp3) is 0.667. The van der Waals surface area contributed by atoms with Gasteiger partial charge >= 0.3 is 0 Å². The van der Waals surface area contributed by atoms with Crippen molar-refractivity contribution in [1.82, 2.24) is 5.32 Å². The van der Waals surface area contributed by atoms with E-state index in [0.717, 1.165) is 24.8 Å². The van der Waals surface area contributed by atoms with Gasteiger partial charge in [0.1, 0.15) is 5.75 Å². The number of para-hydroxylation sites is 1. The number of benzene rings is 1. The standard InChI is InChI=1S/C18H27NO2/c1-3-20-16-9-5-4-8-15(16)17-12-19-18(13-21-17)10-6-7-14(2)11-18/h4-5,8-9,14,17,19H,3,6-7,10-13H2,1-2H3. The molecule has 21 heavy (non-hydrogen) atoms. The lowest BCUT2D eigenvalue weighted by molar-refractivity contribution is -0.0535. The summed E-state index contributed by atoms with van der Waals surface area (Å²) in [6, 6.07) is 8.25. The van der Waals surface area contributed by atoms with E-state index < -0.39 is 0 Å². The van der Waals surface area contributed by atoms with Crippen LogP contribution in [0.4, 0.5) is 0 Å². The Bertz CT molecular complexity index is 466. The first-order valence-corrected chi connectivity index (χ1v) is 8.31. The van der Waals surface area contributed by atoms with Crippen LogP contribution in [-0.4, -0.2) is 25.3 Å². The lowest BCUT2D eigenvalue weighted by atomic mass is 9.76. The van der Waals surface area contributed by atoms with Gasteiger partial charge in [0.05, 0.1) is 19.3 Å². The van der Waals surface area contributed by atoms with E-state index in [-0.39, 0.29) is 11.6 Å². The molecule has 1 spiro atoms. The number of rotatable bonds is 3. The number of morpholine rings is 1. The van der Waals surface area contributed by atoms with Crippen molar-refractivity contribution < 1.29 is 9.47 Å². The molecule has 0 radical (unpaired) electrons. The Labute approximate surface area is 128 Å². The lowest BCUT2D eigenvalue weighted by Crippen LogP contribution is -2.57. The number of hydrogen-bond acceptors (Lipinski definition) is 3. The first-order chi connectivity index (χ1) is 10.2. The Balaban J connectivity index is 1.68. The minimum atomic E-state index is 0.107. The van der Waals surface area contributed by atoms with E-state index in [0.29, 0.717) is 6.61 Å². The molecule has 3 atom stereocenters. The summed E-state index contributed by atoms with van der Waals surface area (Å²) in [6.07, 6.45) is 5.28. The van der Waals surface area contributed by atoms with Gasteiger partial charge in [-0.3, -0.25) is 0 Å². The van der Waals surface area contributed by atoms with Gasteiger partial charge in [-0.05, 0) is 31.7 Å². The Morgan fingerprint density at radius 1 is 1.38 bits per heavy atom. The summed E-state index contributed by atoms with van der Waals surface area (Å²) in [4.78, 5) is 0. The second-order valence-corrected chi connectivity index (χ2v) is 6.63. The van der Waals surface area contributed by atoms with Gasteiger partial charge in [0.25, 0.3) is 0 Å². The summed E-state index contributed by atoms with van der Waals surface area (Å²) in [5.74, 6) is 1.77. The van der Waals surface area contributed by atoms with Crippen LogP contribution in [0.5, 0.6) is 5.75 Å². The smallest absolute Gasteiger partial charge is 0.125 e. The molecule has 0 amide bonds. The third-order valence-electron chi connectivity index (χ3n) is 4.88. The molecular formula is C18H27NO2. The highest BCUT2D eigenvalue weighted by Gasteiger charge is 2.39. The molecule has 2 aliphatic rings. The van der Waals surface area contributed by atoms with Crippen molar-refractivity contribution in [3.8, 4) is 5.75 Å². The van der Waals surface area contributed by atoms with Crippen LogP contribution in [-0.2, 0) is 4.74 Å². The largest absolute Gasteiger partial charge is 0.493 e. The minimum absolute atomic E-state index is 0.107. The average Bonchev–Trinajstić information content (AvgIpc) is 2.49. The molecule has 0 aromatic heterocycles.